The fourth-order valence-corrected chi connectivity index (χ4v) is 1.63. The molecule has 7 nitrogen and oxygen atoms in total. The number of hydrogen-bond donors (Lipinski definition) is 1. The van der Waals surface area contributed by atoms with Crippen LogP contribution in [-0.4, -0.2) is 21.0 Å². The summed E-state index contributed by atoms with van der Waals surface area (Å²) in [6.07, 6.45) is 1.23. The van der Waals surface area contributed by atoms with Gasteiger partial charge in [0.05, 0.1) is 11.0 Å². The van der Waals surface area contributed by atoms with Gasteiger partial charge in [-0.15, -0.1) is 0 Å². The van der Waals surface area contributed by atoms with E-state index in [1.807, 2.05) is 0 Å². The molecule has 20 heavy (non-hydrogen) atoms. The van der Waals surface area contributed by atoms with E-state index in [9.17, 15) is 14.9 Å². The molecule has 2 rings (SSSR count). The first-order valence-corrected chi connectivity index (χ1v) is 5.60. The van der Waals surface area contributed by atoms with Crippen molar-refractivity contribution in [2.24, 2.45) is 0 Å². The number of benzene rings is 1. The van der Waals surface area contributed by atoms with Crippen molar-refractivity contribution in [1.82, 2.24) is 4.98 Å². The zero-order chi connectivity index (χ0) is 14.7. The van der Waals surface area contributed by atoms with E-state index in [2.05, 4.69) is 4.98 Å². The second-order valence-corrected chi connectivity index (χ2v) is 3.97. The van der Waals surface area contributed by atoms with Crippen LogP contribution in [-0.2, 0) is 0 Å². The average molecular weight is 274 g/mol. The first-order valence-electron chi connectivity index (χ1n) is 5.60. The number of carbonyl (C=O) groups is 1. The van der Waals surface area contributed by atoms with Gasteiger partial charge in [0.25, 0.3) is 5.69 Å². The molecule has 0 spiro atoms. The minimum atomic E-state index is -1.14. The topological polar surface area (TPSA) is 103 Å². The highest BCUT2D eigenvalue weighted by Gasteiger charge is 2.16. The zero-order valence-electron chi connectivity index (χ0n) is 10.4. The van der Waals surface area contributed by atoms with E-state index in [1.54, 1.807) is 19.1 Å². The number of carboxylic acids is 1. The summed E-state index contributed by atoms with van der Waals surface area (Å²) in [7, 11) is 0. The van der Waals surface area contributed by atoms with Gasteiger partial charge in [-0.1, -0.05) is 12.1 Å². The lowest BCUT2D eigenvalue weighted by molar-refractivity contribution is -0.385. The Morgan fingerprint density at radius 3 is 2.80 bits per heavy atom. The minimum absolute atomic E-state index is 0.0293. The number of ether oxygens (including phenoxy) is 1. The van der Waals surface area contributed by atoms with Gasteiger partial charge in [-0.2, -0.15) is 0 Å². The van der Waals surface area contributed by atoms with Crippen molar-refractivity contribution in [3.63, 3.8) is 0 Å². The third-order valence-corrected chi connectivity index (χ3v) is 2.58. The van der Waals surface area contributed by atoms with Crippen LogP contribution in [0.5, 0.6) is 11.6 Å². The molecule has 0 aliphatic carbocycles. The Balaban J connectivity index is 2.42. The molecule has 1 heterocycles. The first-order chi connectivity index (χ1) is 9.49. The monoisotopic (exact) mass is 274 g/mol. The summed E-state index contributed by atoms with van der Waals surface area (Å²) in [5.41, 5.74) is 0.386. The van der Waals surface area contributed by atoms with Crippen molar-refractivity contribution in [3.8, 4) is 11.6 Å². The fraction of sp³-hybridized carbons (Fsp3) is 0.0769. The number of aryl methyl sites for hydroxylation is 1. The summed E-state index contributed by atoms with van der Waals surface area (Å²) in [6.45, 7) is 1.68. The molecule has 0 saturated carbocycles. The minimum Gasteiger partial charge on any atom is -0.478 e. The Morgan fingerprint density at radius 2 is 2.15 bits per heavy atom. The number of nitrogens with zero attached hydrogens (tertiary/aromatic N) is 2. The lowest BCUT2D eigenvalue weighted by Crippen LogP contribution is -2.02. The van der Waals surface area contributed by atoms with Gasteiger partial charge in [0.15, 0.2) is 0 Å². The van der Waals surface area contributed by atoms with E-state index in [4.69, 9.17) is 9.84 Å². The number of rotatable bonds is 4. The van der Waals surface area contributed by atoms with Gasteiger partial charge in [0.1, 0.15) is 11.3 Å². The molecule has 0 bridgehead atoms. The van der Waals surface area contributed by atoms with Crippen molar-refractivity contribution in [2.45, 2.75) is 6.92 Å². The lowest BCUT2D eigenvalue weighted by Gasteiger charge is -2.10. The summed E-state index contributed by atoms with van der Waals surface area (Å²) >= 11 is 0. The highest BCUT2D eigenvalue weighted by molar-refractivity contribution is 5.91. The summed E-state index contributed by atoms with van der Waals surface area (Å²) in [5, 5.41) is 19.8. The molecule has 2 aromatic rings. The molecule has 0 atom stereocenters. The molecular weight excluding hydrogens is 264 g/mol. The van der Waals surface area contributed by atoms with Crippen LogP contribution in [0, 0.1) is 17.0 Å². The smallest absolute Gasteiger partial charge is 0.339 e. The summed E-state index contributed by atoms with van der Waals surface area (Å²) in [4.78, 5) is 25.1. The van der Waals surface area contributed by atoms with Gasteiger partial charge in [0, 0.05) is 12.3 Å². The van der Waals surface area contributed by atoms with Crippen molar-refractivity contribution in [3.05, 3.63) is 57.8 Å². The van der Waals surface area contributed by atoms with Gasteiger partial charge in [0.2, 0.25) is 5.88 Å². The highest BCUT2D eigenvalue weighted by Crippen LogP contribution is 2.29. The Labute approximate surface area is 113 Å². The van der Waals surface area contributed by atoms with Crippen LogP contribution < -0.4 is 4.74 Å². The molecule has 102 valence electrons. The molecule has 1 aromatic heterocycles. The van der Waals surface area contributed by atoms with Gasteiger partial charge in [-0.3, -0.25) is 10.1 Å². The molecule has 0 unspecified atom stereocenters. The van der Waals surface area contributed by atoms with Gasteiger partial charge in [-0.05, 0) is 18.6 Å². The first kappa shape index (κ1) is 13.5. The van der Waals surface area contributed by atoms with Crippen LogP contribution in [0.4, 0.5) is 5.69 Å². The van der Waals surface area contributed by atoms with Crippen molar-refractivity contribution < 1.29 is 19.6 Å². The third-order valence-electron chi connectivity index (χ3n) is 2.58. The largest absolute Gasteiger partial charge is 0.478 e. The second kappa shape index (κ2) is 5.35. The molecule has 0 amide bonds. The number of aromatic nitrogens is 1. The highest BCUT2D eigenvalue weighted by atomic mass is 16.6. The Hall–Kier alpha value is -2.96. The van der Waals surface area contributed by atoms with Gasteiger partial charge < -0.3 is 9.84 Å². The SMILES string of the molecule is Cc1cccc(C(=O)O)c1Oc1cc([N+](=O)[O-])ccn1. The molecule has 0 aliphatic rings. The molecule has 0 saturated heterocycles. The van der Waals surface area contributed by atoms with E-state index in [1.165, 1.54) is 18.3 Å². The Kier molecular flexibility index (Phi) is 3.60. The van der Waals surface area contributed by atoms with Gasteiger partial charge in [-0.25, -0.2) is 9.78 Å². The lowest BCUT2D eigenvalue weighted by atomic mass is 10.1. The van der Waals surface area contributed by atoms with Crippen molar-refractivity contribution in [2.75, 3.05) is 0 Å². The third kappa shape index (κ3) is 2.72. The van der Waals surface area contributed by atoms with Crippen LogP contribution in [0.1, 0.15) is 15.9 Å². The summed E-state index contributed by atoms with van der Waals surface area (Å²) < 4.78 is 5.40. The number of aromatic carboxylic acids is 1. The van der Waals surface area contributed by atoms with Crippen LogP contribution in [0.25, 0.3) is 0 Å². The molecule has 0 radical (unpaired) electrons. The van der Waals surface area contributed by atoms with E-state index in [0.29, 0.717) is 5.56 Å². The Bertz CT molecular complexity index is 684. The maximum atomic E-state index is 11.1. The maximum absolute atomic E-state index is 11.1. The number of hydrogen-bond acceptors (Lipinski definition) is 5. The molecule has 1 N–H and O–H groups in total. The number of nitro groups is 1. The second-order valence-electron chi connectivity index (χ2n) is 3.97. The van der Waals surface area contributed by atoms with Crippen LogP contribution in [0.2, 0.25) is 0 Å². The number of para-hydroxylation sites is 1. The van der Waals surface area contributed by atoms with Crippen LogP contribution in [0.3, 0.4) is 0 Å². The van der Waals surface area contributed by atoms with Crippen LogP contribution >= 0.6 is 0 Å². The quantitative estimate of drug-likeness (QED) is 0.679. The summed E-state index contributed by atoms with van der Waals surface area (Å²) in [6, 6.07) is 7.02. The molecular formula is C13H10N2O5. The van der Waals surface area contributed by atoms with E-state index < -0.39 is 10.9 Å². The van der Waals surface area contributed by atoms with E-state index in [-0.39, 0.29) is 22.9 Å². The maximum Gasteiger partial charge on any atom is 0.339 e. The molecule has 0 fully saturated rings. The molecule has 0 aliphatic heterocycles. The molecule has 1 aromatic carbocycles. The van der Waals surface area contributed by atoms with E-state index in [0.717, 1.165) is 6.07 Å². The predicted octanol–water partition coefficient (Wildman–Crippen LogP) is 2.79. The number of pyridine rings is 1. The van der Waals surface area contributed by atoms with E-state index >= 15 is 0 Å². The van der Waals surface area contributed by atoms with Gasteiger partial charge >= 0.3 is 5.97 Å². The number of carboxylic acid groups (broad SMARTS) is 1. The predicted molar refractivity (Wildman–Crippen MR) is 69.1 cm³/mol. The summed E-state index contributed by atoms with van der Waals surface area (Å²) in [5.74, 6) is -1.06. The fourth-order valence-electron chi connectivity index (χ4n) is 1.63. The van der Waals surface area contributed by atoms with Crippen molar-refractivity contribution >= 4 is 11.7 Å². The Morgan fingerprint density at radius 1 is 1.40 bits per heavy atom. The van der Waals surface area contributed by atoms with Crippen molar-refractivity contribution in [1.29, 1.82) is 0 Å². The normalized spacial score (nSPS) is 10.1. The average Bonchev–Trinajstić information content (AvgIpc) is 2.41. The van der Waals surface area contributed by atoms with Crippen LogP contribution in [0.15, 0.2) is 36.5 Å². The molecule has 7 heteroatoms. The zero-order valence-corrected chi connectivity index (χ0v) is 10.4. The standard InChI is InChI=1S/C13H10N2O5/c1-8-3-2-4-10(13(16)17)12(8)20-11-7-9(15(18)19)5-6-14-11/h2-7H,1H3,(H,16,17).